The van der Waals surface area contributed by atoms with E-state index in [2.05, 4.69) is 15.4 Å². The average Bonchev–Trinajstić information content (AvgIpc) is 2.75. The molecule has 1 atom stereocenters. The lowest BCUT2D eigenvalue weighted by Gasteiger charge is -2.35. The SMILES string of the molecule is COC(=O)NC[C@H]1CN(S(=O)(=O)c2ccc(F)cc2)c2cc(NC(=O)OC(C)(C)C)ccc2O1. The Morgan fingerprint density at radius 3 is 2.44 bits per heavy atom. The van der Waals surface area contributed by atoms with Crippen molar-refractivity contribution in [3.8, 4) is 5.75 Å². The van der Waals surface area contributed by atoms with E-state index in [0.29, 0.717) is 0 Å². The molecule has 2 N–H and O–H groups in total. The third-order valence-electron chi connectivity index (χ3n) is 4.60. The molecule has 0 fully saturated rings. The Hall–Kier alpha value is -3.54. The van der Waals surface area contributed by atoms with Gasteiger partial charge < -0.3 is 19.5 Å². The Balaban J connectivity index is 1.96. The molecule has 1 aliphatic heterocycles. The number of nitrogens with one attached hydrogen (secondary N) is 2. The number of benzene rings is 2. The van der Waals surface area contributed by atoms with Crippen molar-refractivity contribution >= 4 is 33.6 Å². The zero-order valence-corrected chi connectivity index (χ0v) is 19.9. The fourth-order valence-electron chi connectivity index (χ4n) is 3.15. The predicted molar refractivity (Wildman–Crippen MR) is 122 cm³/mol. The maximum Gasteiger partial charge on any atom is 0.412 e. The third kappa shape index (κ3) is 6.07. The molecule has 184 valence electrons. The van der Waals surface area contributed by atoms with Crippen LogP contribution in [-0.4, -0.2) is 52.5 Å². The minimum atomic E-state index is -4.14. The quantitative estimate of drug-likeness (QED) is 0.651. The molecule has 0 saturated carbocycles. The summed E-state index contributed by atoms with van der Waals surface area (Å²) >= 11 is 0. The number of methoxy groups -OCH3 is 1. The monoisotopic (exact) mass is 495 g/mol. The Kier molecular flexibility index (Phi) is 7.20. The first-order valence-electron chi connectivity index (χ1n) is 10.3. The number of halogens is 1. The summed E-state index contributed by atoms with van der Waals surface area (Å²) in [6.07, 6.45) is -2.15. The Labute approximate surface area is 197 Å². The molecule has 0 aliphatic carbocycles. The van der Waals surface area contributed by atoms with Crippen LogP contribution >= 0.6 is 0 Å². The molecule has 10 nitrogen and oxygen atoms in total. The van der Waals surface area contributed by atoms with E-state index >= 15 is 0 Å². The van der Waals surface area contributed by atoms with Crippen LogP contribution in [0, 0.1) is 5.82 Å². The highest BCUT2D eigenvalue weighted by Gasteiger charge is 2.35. The minimum Gasteiger partial charge on any atom is -0.484 e. The highest BCUT2D eigenvalue weighted by Crippen LogP contribution is 2.39. The summed E-state index contributed by atoms with van der Waals surface area (Å²) in [5.74, 6) is -0.367. The van der Waals surface area contributed by atoms with Gasteiger partial charge in [0.15, 0.2) is 0 Å². The van der Waals surface area contributed by atoms with Crippen LogP contribution in [0.5, 0.6) is 5.75 Å². The zero-order chi connectivity index (χ0) is 25.1. The number of fused-ring (bicyclic) bond motifs is 1. The van der Waals surface area contributed by atoms with Crippen LogP contribution in [-0.2, 0) is 19.5 Å². The number of alkyl carbamates (subject to hydrolysis) is 1. The maximum absolute atomic E-state index is 13.4. The molecule has 2 amide bonds. The molecular weight excluding hydrogens is 469 g/mol. The first-order valence-corrected chi connectivity index (χ1v) is 11.7. The summed E-state index contributed by atoms with van der Waals surface area (Å²) in [5, 5.41) is 5.05. The van der Waals surface area contributed by atoms with Gasteiger partial charge in [-0.2, -0.15) is 0 Å². The number of carbonyl (C=O) groups excluding carboxylic acids is 2. The fraction of sp³-hybridized carbons (Fsp3) is 0.364. The van der Waals surface area contributed by atoms with Crippen molar-refractivity contribution in [1.82, 2.24) is 5.32 Å². The molecule has 0 unspecified atom stereocenters. The van der Waals surface area contributed by atoms with Gasteiger partial charge in [-0.15, -0.1) is 0 Å². The van der Waals surface area contributed by atoms with E-state index in [-0.39, 0.29) is 35.1 Å². The van der Waals surface area contributed by atoms with Gasteiger partial charge in [-0.05, 0) is 63.2 Å². The number of nitrogens with zero attached hydrogens (tertiary/aromatic N) is 1. The van der Waals surface area contributed by atoms with Crippen molar-refractivity contribution in [2.45, 2.75) is 37.4 Å². The molecule has 0 aromatic heterocycles. The molecule has 0 saturated heterocycles. The largest absolute Gasteiger partial charge is 0.484 e. The summed E-state index contributed by atoms with van der Waals surface area (Å²) in [5.41, 5.74) is -0.284. The van der Waals surface area contributed by atoms with E-state index in [4.69, 9.17) is 9.47 Å². The molecule has 1 heterocycles. The summed E-state index contributed by atoms with van der Waals surface area (Å²) in [6, 6.07) is 8.87. The highest BCUT2D eigenvalue weighted by molar-refractivity contribution is 7.92. The van der Waals surface area contributed by atoms with E-state index in [1.54, 1.807) is 20.8 Å². The van der Waals surface area contributed by atoms with E-state index in [0.717, 1.165) is 28.6 Å². The smallest absolute Gasteiger partial charge is 0.412 e. The Morgan fingerprint density at radius 1 is 1.15 bits per heavy atom. The normalized spacial score (nSPS) is 15.6. The van der Waals surface area contributed by atoms with Crippen molar-refractivity contribution in [3.05, 3.63) is 48.3 Å². The first-order chi connectivity index (χ1) is 15.9. The van der Waals surface area contributed by atoms with Gasteiger partial charge >= 0.3 is 12.2 Å². The Bertz CT molecular complexity index is 1160. The lowest BCUT2D eigenvalue weighted by molar-refractivity contribution is 0.0636. The number of sulfonamides is 1. The first kappa shape index (κ1) is 25.1. The molecule has 12 heteroatoms. The number of amides is 2. The van der Waals surface area contributed by atoms with Crippen LogP contribution in [0.3, 0.4) is 0 Å². The van der Waals surface area contributed by atoms with Crippen LogP contribution in [0.25, 0.3) is 0 Å². The summed E-state index contributed by atoms with van der Waals surface area (Å²) < 4.78 is 57.0. The van der Waals surface area contributed by atoms with Gasteiger partial charge in [0.2, 0.25) is 0 Å². The second kappa shape index (κ2) is 9.75. The zero-order valence-electron chi connectivity index (χ0n) is 19.1. The third-order valence-corrected chi connectivity index (χ3v) is 6.39. The van der Waals surface area contributed by atoms with Gasteiger partial charge in [0, 0.05) is 5.69 Å². The molecule has 2 aromatic carbocycles. The molecule has 34 heavy (non-hydrogen) atoms. The lowest BCUT2D eigenvalue weighted by Crippen LogP contribution is -2.48. The van der Waals surface area contributed by atoms with Crippen LogP contribution in [0.15, 0.2) is 47.4 Å². The van der Waals surface area contributed by atoms with Crippen molar-refractivity contribution in [2.24, 2.45) is 0 Å². The van der Waals surface area contributed by atoms with Crippen LogP contribution in [0.4, 0.5) is 25.4 Å². The standard InChI is InChI=1S/C22H26FN3O7S/c1-22(2,3)33-21(28)25-15-7-10-19-18(11-15)26(13-16(32-19)12-24-20(27)31-4)34(29,30)17-8-5-14(23)6-9-17/h5-11,16H,12-13H2,1-4H3,(H,24,27)(H,25,28)/t16-/m0/s1. The molecule has 2 aromatic rings. The van der Waals surface area contributed by atoms with E-state index < -0.39 is 39.7 Å². The second-order valence-corrected chi connectivity index (χ2v) is 10.3. The molecule has 3 rings (SSSR count). The van der Waals surface area contributed by atoms with Gasteiger partial charge in [-0.1, -0.05) is 0 Å². The van der Waals surface area contributed by atoms with Gasteiger partial charge in [-0.25, -0.2) is 22.4 Å². The topological polar surface area (TPSA) is 123 Å². The summed E-state index contributed by atoms with van der Waals surface area (Å²) in [7, 11) is -2.94. The number of anilines is 2. The maximum atomic E-state index is 13.4. The van der Waals surface area contributed by atoms with Gasteiger partial charge in [0.05, 0.1) is 30.8 Å². The second-order valence-electron chi connectivity index (χ2n) is 8.41. The van der Waals surface area contributed by atoms with E-state index in [1.165, 1.54) is 25.3 Å². The lowest BCUT2D eigenvalue weighted by atomic mass is 10.2. The van der Waals surface area contributed by atoms with Gasteiger partial charge in [0.1, 0.15) is 23.3 Å². The molecule has 0 radical (unpaired) electrons. The van der Waals surface area contributed by atoms with Gasteiger partial charge in [0.25, 0.3) is 10.0 Å². The summed E-state index contributed by atoms with van der Waals surface area (Å²) in [6.45, 7) is 4.96. The van der Waals surface area contributed by atoms with Crippen molar-refractivity contribution in [3.63, 3.8) is 0 Å². The molecular formula is C22H26FN3O7S. The molecule has 0 bridgehead atoms. The van der Waals surface area contributed by atoms with E-state index in [1.807, 2.05) is 0 Å². The van der Waals surface area contributed by atoms with Crippen molar-refractivity contribution in [2.75, 3.05) is 29.8 Å². The number of carbonyl (C=O) groups is 2. The van der Waals surface area contributed by atoms with Crippen molar-refractivity contribution < 1.29 is 36.6 Å². The number of ether oxygens (including phenoxy) is 3. The Morgan fingerprint density at radius 2 is 1.82 bits per heavy atom. The molecule has 1 aliphatic rings. The number of hydrogen-bond donors (Lipinski definition) is 2. The number of hydrogen-bond acceptors (Lipinski definition) is 7. The summed E-state index contributed by atoms with van der Waals surface area (Å²) in [4.78, 5) is 23.5. The predicted octanol–water partition coefficient (Wildman–Crippen LogP) is 3.49. The fourth-order valence-corrected chi connectivity index (χ4v) is 4.65. The van der Waals surface area contributed by atoms with Crippen molar-refractivity contribution in [1.29, 1.82) is 0 Å². The van der Waals surface area contributed by atoms with Crippen LogP contribution in [0.2, 0.25) is 0 Å². The molecule has 0 spiro atoms. The van der Waals surface area contributed by atoms with Gasteiger partial charge in [-0.3, -0.25) is 9.62 Å². The number of rotatable bonds is 5. The van der Waals surface area contributed by atoms with Crippen LogP contribution < -0.4 is 19.7 Å². The minimum absolute atomic E-state index is 0.0283. The van der Waals surface area contributed by atoms with E-state index in [9.17, 15) is 22.4 Å². The van der Waals surface area contributed by atoms with Crippen LogP contribution in [0.1, 0.15) is 20.8 Å². The average molecular weight is 496 g/mol. The highest BCUT2D eigenvalue weighted by atomic mass is 32.2.